The molecule has 4 aromatic rings. The van der Waals surface area contributed by atoms with E-state index in [1.54, 1.807) is 42.8 Å². The molecule has 3 N–H and O–H groups in total. The van der Waals surface area contributed by atoms with Crippen molar-refractivity contribution in [2.75, 3.05) is 18.4 Å². The SMILES string of the molecule is CC(C)(C(=O)On1c(O)ccc1O)N1CCC[C@@H](Nc2ccnc(-c3cnc4ccc(F)cn34)n2)C1. The van der Waals surface area contributed by atoms with E-state index in [9.17, 15) is 19.4 Å². The van der Waals surface area contributed by atoms with Crippen LogP contribution in [0.1, 0.15) is 26.7 Å². The molecule has 1 aliphatic rings. The molecule has 0 radical (unpaired) electrons. The smallest absolute Gasteiger partial charge is 0.352 e. The van der Waals surface area contributed by atoms with Gasteiger partial charge in [-0.15, -0.1) is 4.73 Å². The van der Waals surface area contributed by atoms with Gasteiger partial charge in [0.1, 0.15) is 28.5 Å². The number of rotatable bonds is 6. The molecule has 36 heavy (non-hydrogen) atoms. The molecule has 0 saturated carbocycles. The Hall–Kier alpha value is -4.19. The highest BCUT2D eigenvalue weighted by molar-refractivity contribution is 5.80. The lowest BCUT2D eigenvalue weighted by molar-refractivity contribution is -0.158. The minimum atomic E-state index is -1.03. The van der Waals surface area contributed by atoms with E-state index in [1.165, 1.54) is 24.4 Å². The second kappa shape index (κ2) is 9.11. The Bertz CT molecular complexity index is 1400. The summed E-state index contributed by atoms with van der Waals surface area (Å²) in [4.78, 5) is 33.4. The van der Waals surface area contributed by atoms with Gasteiger partial charge in [-0.1, -0.05) is 0 Å². The maximum Gasteiger partial charge on any atom is 0.352 e. The molecule has 188 valence electrons. The van der Waals surface area contributed by atoms with Gasteiger partial charge in [-0.3, -0.25) is 9.30 Å². The van der Waals surface area contributed by atoms with Crippen LogP contribution in [0, 0.1) is 5.82 Å². The van der Waals surface area contributed by atoms with E-state index in [4.69, 9.17) is 4.84 Å². The van der Waals surface area contributed by atoms with Gasteiger partial charge in [0.15, 0.2) is 5.82 Å². The lowest BCUT2D eigenvalue weighted by Crippen LogP contribution is -2.58. The Labute approximate surface area is 205 Å². The number of imidazole rings is 1. The third-order valence-corrected chi connectivity index (χ3v) is 6.39. The molecule has 0 aromatic carbocycles. The number of nitrogens with zero attached hydrogens (tertiary/aromatic N) is 6. The summed E-state index contributed by atoms with van der Waals surface area (Å²) in [6.45, 7) is 4.68. The molecular formula is C24H26FN7O4. The zero-order valence-corrected chi connectivity index (χ0v) is 19.8. The van der Waals surface area contributed by atoms with Crippen molar-refractivity contribution < 1.29 is 24.2 Å². The fourth-order valence-electron chi connectivity index (χ4n) is 4.31. The van der Waals surface area contributed by atoms with Gasteiger partial charge in [0.2, 0.25) is 11.8 Å². The molecule has 12 heteroatoms. The van der Waals surface area contributed by atoms with E-state index in [-0.39, 0.29) is 23.6 Å². The molecule has 1 fully saturated rings. The van der Waals surface area contributed by atoms with Crippen molar-refractivity contribution in [2.24, 2.45) is 0 Å². The molecule has 0 spiro atoms. The summed E-state index contributed by atoms with van der Waals surface area (Å²) in [6.07, 6.45) is 6.26. The van der Waals surface area contributed by atoms with Crippen molar-refractivity contribution in [1.29, 1.82) is 0 Å². The number of fused-ring (bicyclic) bond motifs is 1. The van der Waals surface area contributed by atoms with Crippen molar-refractivity contribution in [2.45, 2.75) is 38.3 Å². The normalized spacial score (nSPS) is 16.8. The second-order valence-corrected chi connectivity index (χ2v) is 9.20. The number of nitrogens with one attached hydrogen (secondary N) is 1. The first-order valence-corrected chi connectivity index (χ1v) is 11.5. The number of hydrogen-bond donors (Lipinski definition) is 3. The number of aromatic hydroxyl groups is 2. The van der Waals surface area contributed by atoms with Crippen LogP contribution in [-0.2, 0) is 4.79 Å². The van der Waals surface area contributed by atoms with Crippen LogP contribution in [0.25, 0.3) is 17.2 Å². The molecule has 4 aromatic heterocycles. The molecule has 1 aliphatic heterocycles. The highest BCUT2D eigenvalue weighted by Crippen LogP contribution is 2.26. The fourth-order valence-corrected chi connectivity index (χ4v) is 4.31. The van der Waals surface area contributed by atoms with Gasteiger partial charge in [0.05, 0.1) is 6.20 Å². The molecule has 0 unspecified atom stereocenters. The van der Waals surface area contributed by atoms with Crippen LogP contribution in [0.5, 0.6) is 11.8 Å². The van der Waals surface area contributed by atoms with Crippen LogP contribution in [0.2, 0.25) is 0 Å². The molecule has 5 heterocycles. The maximum absolute atomic E-state index is 13.8. The molecule has 5 rings (SSSR count). The van der Waals surface area contributed by atoms with Crippen LogP contribution in [0.3, 0.4) is 0 Å². The Kier molecular flexibility index (Phi) is 5.96. The highest BCUT2D eigenvalue weighted by atomic mass is 19.1. The Morgan fingerprint density at radius 3 is 2.72 bits per heavy atom. The number of anilines is 1. The van der Waals surface area contributed by atoms with Crippen LogP contribution < -0.4 is 10.2 Å². The first kappa shape index (κ1) is 23.5. The first-order chi connectivity index (χ1) is 17.2. The van der Waals surface area contributed by atoms with Gasteiger partial charge in [-0.25, -0.2) is 24.1 Å². The van der Waals surface area contributed by atoms with E-state index < -0.39 is 11.5 Å². The summed E-state index contributed by atoms with van der Waals surface area (Å²) >= 11 is 0. The largest absolute Gasteiger partial charge is 0.492 e. The molecule has 0 bridgehead atoms. The maximum atomic E-state index is 13.8. The predicted molar refractivity (Wildman–Crippen MR) is 128 cm³/mol. The van der Waals surface area contributed by atoms with E-state index in [2.05, 4.69) is 20.3 Å². The number of aromatic nitrogens is 5. The summed E-state index contributed by atoms with van der Waals surface area (Å²) < 4.78 is 16.1. The second-order valence-electron chi connectivity index (χ2n) is 9.20. The lowest BCUT2D eigenvalue weighted by Gasteiger charge is -2.41. The molecular weight excluding hydrogens is 469 g/mol. The minimum absolute atomic E-state index is 0.0124. The lowest BCUT2D eigenvalue weighted by atomic mass is 9.96. The highest BCUT2D eigenvalue weighted by Gasteiger charge is 2.40. The van der Waals surface area contributed by atoms with Crippen LogP contribution >= 0.6 is 0 Å². The number of pyridine rings is 1. The average molecular weight is 496 g/mol. The zero-order valence-electron chi connectivity index (χ0n) is 19.8. The van der Waals surface area contributed by atoms with E-state index >= 15 is 0 Å². The van der Waals surface area contributed by atoms with Crippen LogP contribution in [0.4, 0.5) is 10.2 Å². The Morgan fingerprint density at radius 1 is 1.17 bits per heavy atom. The van der Waals surface area contributed by atoms with E-state index in [1.807, 2.05) is 4.90 Å². The van der Waals surface area contributed by atoms with Crippen molar-refractivity contribution in [3.05, 3.63) is 54.7 Å². The predicted octanol–water partition coefficient (Wildman–Crippen LogP) is 2.45. The summed E-state index contributed by atoms with van der Waals surface area (Å²) in [5, 5.41) is 23.0. The van der Waals surface area contributed by atoms with E-state index in [0.717, 1.165) is 12.8 Å². The van der Waals surface area contributed by atoms with Gasteiger partial charge in [-0.05, 0) is 51.4 Å². The molecule has 11 nitrogen and oxygen atoms in total. The third-order valence-electron chi connectivity index (χ3n) is 6.39. The Morgan fingerprint density at radius 2 is 1.94 bits per heavy atom. The molecule has 0 aliphatic carbocycles. The van der Waals surface area contributed by atoms with Gasteiger partial charge in [-0.2, -0.15) is 0 Å². The molecule has 1 saturated heterocycles. The fraction of sp³-hybridized carbons (Fsp3) is 0.333. The summed E-state index contributed by atoms with van der Waals surface area (Å²) in [6, 6.07) is 7.14. The van der Waals surface area contributed by atoms with Gasteiger partial charge in [0, 0.05) is 37.1 Å². The quantitative estimate of drug-likeness (QED) is 0.369. The standard InChI is InChI=1S/C24H26FN7O4/c1-24(2,23(35)36-32-20(33)7-8-21(32)34)30-11-3-4-16(14-30)28-18-9-10-26-22(29-18)17-12-27-19-6-5-15(25)13-31(17)19/h5-10,12-13,16,33-34H,3-4,11,14H2,1-2H3,(H,26,28,29)/t16-/m1/s1. The van der Waals surface area contributed by atoms with Crippen LogP contribution in [0.15, 0.2) is 48.9 Å². The first-order valence-electron chi connectivity index (χ1n) is 11.5. The van der Waals surface area contributed by atoms with Crippen molar-refractivity contribution in [3.63, 3.8) is 0 Å². The van der Waals surface area contributed by atoms with Gasteiger partial charge >= 0.3 is 5.97 Å². The topological polar surface area (TPSA) is 130 Å². The average Bonchev–Trinajstić information content (AvgIpc) is 3.42. The number of piperidine rings is 1. The van der Waals surface area contributed by atoms with Gasteiger partial charge < -0.3 is 20.4 Å². The van der Waals surface area contributed by atoms with Crippen molar-refractivity contribution in [3.8, 4) is 23.3 Å². The Balaban J connectivity index is 1.30. The summed E-state index contributed by atoms with van der Waals surface area (Å²) in [5.74, 6) is -0.747. The minimum Gasteiger partial charge on any atom is -0.492 e. The number of likely N-dealkylation sites (tertiary alicyclic amines) is 1. The number of carbonyl (C=O) groups is 1. The zero-order chi connectivity index (χ0) is 25.4. The van der Waals surface area contributed by atoms with Gasteiger partial charge in [0.25, 0.3) is 0 Å². The number of carbonyl (C=O) groups excluding carboxylic acids is 1. The third kappa shape index (κ3) is 4.42. The van der Waals surface area contributed by atoms with Crippen molar-refractivity contribution in [1.82, 2.24) is 29.0 Å². The van der Waals surface area contributed by atoms with Crippen molar-refractivity contribution >= 4 is 17.4 Å². The number of halogens is 1. The monoisotopic (exact) mass is 495 g/mol. The summed E-state index contributed by atoms with van der Waals surface area (Å²) in [5.41, 5.74) is 0.131. The molecule has 0 amide bonds. The summed E-state index contributed by atoms with van der Waals surface area (Å²) in [7, 11) is 0. The van der Waals surface area contributed by atoms with Crippen LogP contribution in [-0.4, -0.2) is 69.8 Å². The van der Waals surface area contributed by atoms with E-state index in [0.29, 0.717) is 40.8 Å². The number of hydrogen-bond acceptors (Lipinski definition) is 9. The molecule has 1 atom stereocenters.